The molecule has 2 aliphatic heterocycles. The summed E-state index contributed by atoms with van der Waals surface area (Å²) >= 11 is 0. The second kappa shape index (κ2) is 7.93. The van der Waals surface area contributed by atoms with Gasteiger partial charge in [0.15, 0.2) is 9.84 Å². The monoisotopic (exact) mass is 466 g/mol. The normalized spacial score (nSPS) is 17.7. The zero-order valence-electron chi connectivity index (χ0n) is 16.2. The van der Waals surface area contributed by atoms with E-state index in [1.165, 1.54) is 23.1 Å². The fraction of sp³-hybridized carbons (Fsp3) is 0.263. The first kappa shape index (κ1) is 21.2. The first-order valence-corrected chi connectivity index (χ1v) is 12.5. The van der Waals surface area contributed by atoms with E-state index in [1.807, 2.05) is 0 Å². The van der Waals surface area contributed by atoms with Crippen LogP contribution in [0.2, 0.25) is 0 Å². The van der Waals surface area contributed by atoms with Crippen LogP contribution in [0.1, 0.15) is 0 Å². The van der Waals surface area contributed by atoms with Crippen molar-refractivity contribution in [2.45, 2.75) is 9.79 Å². The van der Waals surface area contributed by atoms with Gasteiger partial charge in [-0.25, -0.2) is 12.8 Å². The largest absolute Gasteiger partial charge is 0.366 e. The van der Waals surface area contributed by atoms with Crippen LogP contribution >= 0.6 is 0 Å². The van der Waals surface area contributed by atoms with Crippen molar-refractivity contribution in [2.24, 2.45) is 4.40 Å². The van der Waals surface area contributed by atoms with Crippen molar-refractivity contribution in [3.8, 4) is 0 Å². The van der Waals surface area contributed by atoms with Gasteiger partial charge < -0.3 is 15.1 Å². The molecule has 2 aliphatic rings. The Morgan fingerprint density at radius 2 is 1.81 bits per heavy atom. The van der Waals surface area contributed by atoms with Crippen LogP contribution in [0.5, 0.6) is 0 Å². The van der Waals surface area contributed by atoms with Crippen molar-refractivity contribution < 1.29 is 26.0 Å². The number of para-hydroxylation sites is 1. The molecule has 0 unspecified atom stereocenters. The lowest BCUT2D eigenvalue weighted by atomic mass is 10.2. The number of anilines is 2. The molecule has 1 fully saturated rings. The standard InChI is InChI=1S/C19H19FN4O5S2/c20-15-3-1-2-4-17(15)23-7-9-24(10-8-23)19(25)12-30(26,27)14-5-6-16-18(11-14)31(28,29)22-13-21-16/h1-6,11,13H,7-10,12H2,(H,21,22). The fourth-order valence-electron chi connectivity index (χ4n) is 3.49. The summed E-state index contributed by atoms with van der Waals surface area (Å²) in [5.41, 5.74) is 0.651. The van der Waals surface area contributed by atoms with Crippen LogP contribution in [-0.4, -0.2) is 65.9 Å². The van der Waals surface area contributed by atoms with Crippen LogP contribution in [0.4, 0.5) is 15.8 Å². The Kier molecular flexibility index (Phi) is 5.43. The van der Waals surface area contributed by atoms with Crippen molar-refractivity contribution in [1.82, 2.24) is 4.90 Å². The molecule has 2 aromatic rings. The Labute approximate surface area is 179 Å². The minimum absolute atomic E-state index is 0.213. The third-order valence-corrected chi connectivity index (χ3v) is 8.02. The number of rotatable bonds is 4. The van der Waals surface area contributed by atoms with Gasteiger partial charge in [0.25, 0.3) is 10.0 Å². The number of nitrogens with zero attached hydrogens (tertiary/aromatic N) is 3. The van der Waals surface area contributed by atoms with E-state index in [-0.39, 0.29) is 34.4 Å². The summed E-state index contributed by atoms with van der Waals surface area (Å²) in [5.74, 6) is -1.74. The molecule has 31 heavy (non-hydrogen) atoms. The maximum atomic E-state index is 14.0. The van der Waals surface area contributed by atoms with E-state index >= 15 is 0 Å². The average Bonchev–Trinajstić information content (AvgIpc) is 2.73. The van der Waals surface area contributed by atoms with Crippen molar-refractivity contribution >= 4 is 43.5 Å². The van der Waals surface area contributed by atoms with E-state index in [2.05, 4.69) is 9.71 Å². The molecule has 1 amide bonds. The Balaban J connectivity index is 1.45. The first-order valence-electron chi connectivity index (χ1n) is 9.37. The second-order valence-corrected chi connectivity index (χ2v) is 10.7. The molecule has 2 heterocycles. The van der Waals surface area contributed by atoms with Gasteiger partial charge in [-0.1, -0.05) is 12.1 Å². The predicted molar refractivity (Wildman–Crippen MR) is 113 cm³/mol. The predicted octanol–water partition coefficient (Wildman–Crippen LogP) is 1.09. The van der Waals surface area contributed by atoms with Crippen LogP contribution in [-0.2, 0) is 24.7 Å². The van der Waals surface area contributed by atoms with Crippen molar-refractivity contribution in [3.05, 3.63) is 48.3 Å². The zero-order chi connectivity index (χ0) is 22.2. The highest BCUT2D eigenvalue weighted by atomic mass is 32.2. The van der Waals surface area contributed by atoms with Crippen molar-refractivity contribution in [3.63, 3.8) is 0 Å². The topological polar surface area (TPSA) is 116 Å². The summed E-state index contributed by atoms with van der Waals surface area (Å²) in [5, 5.41) is 2.64. The fourth-order valence-corrected chi connectivity index (χ4v) is 5.80. The van der Waals surface area contributed by atoms with E-state index in [0.29, 0.717) is 18.8 Å². The molecule has 9 nitrogen and oxygen atoms in total. The lowest BCUT2D eigenvalue weighted by Crippen LogP contribution is -2.50. The highest BCUT2D eigenvalue weighted by Crippen LogP contribution is 2.29. The number of sulfone groups is 1. The number of hydrogen-bond donors (Lipinski definition) is 1. The number of sulfonamides is 1. The highest BCUT2D eigenvalue weighted by molar-refractivity contribution is 7.92. The lowest BCUT2D eigenvalue weighted by Gasteiger charge is -2.36. The molecule has 1 saturated heterocycles. The molecule has 4 rings (SSSR count). The minimum Gasteiger partial charge on any atom is -0.366 e. The van der Waals surface area contributed by atoms with E-state index < -0.39 is 31.5 Å². The highest BCUT2D eigenvalue weighted by Gasteiger charge is 2.29. The summed E-state index contributed by atoms with van der Waals surface area (Å²) in [7, 11) is -8.07. The van der Waals surface area contributed by atoms with Crippen LogP contribution in [0.3, 0.4) is 0 Å². The van der Waals surface area contributed by atoms with Gasteiger partial charge in [-0.3, -0.25) is 4.79 Å². The molecule has 0 aliphatic carbocycles. The number of amides is 1. The number of carbonyl (C=O) groups is 1. The summed E-state index contributed by atoms with van der Waals surface area (Å²) in [6.45, 7) is 1.24. The van der Waals surface area contributed by atoms with E-state index in [4.69, 9.17) is 0 Å². The minimum atomic E-state index is -4.07. The maximum absolute atomic E-state index is 14.0. The molecular weight excluding hydrogens is 447 g/mol. The molecule has 0 spiro atoms. The first-order chi connectivity index (χ1) is 14.7. The van der Waals surface area contributed by atoms with Crippen molar-refractivity contribution in [1.29, 1.82) is 0 Å². The molecule has 2 aromatic carbocycles. The number of hydrogen-bond acceptors (Lipinski definition) is 7. The number of nitrogens with one attached hydrogen (secondary N) is 1. The molecule has 0 bridgehead atoms. The summed E-state index contributed by atoms with van der Waals surface area (Å²) in [6, 6.07) is 9.91. The van der Waals surface area contributed by atoms with Gasteiger partial charge >= 0.3 is 0 Å². The SMILES string of the molecule is O=C(CS(=O)(=O)c1ccc2c(c1)S(=O)(=O)N=CN2)N1CCN(c2ccccc2F)CC1. The molecule has 12 heteroatoms. The van der Waals surface area contributed by atoms with Gasteiger partial charge in [-0.15, -0.1) is 4.40 Å². The summed E-state index contributed by atoms with van der Waals surface area (Å²) in [4.78, 5) is 15.3. The van der Waals surface area contributed by atoms with E-state index in [0.717, 1.165) is 12.4 Å². The van der Waals surface area contributed by atoms with Gasteiger partial charge in [0.1, 0.15) is 22.8 Å². The summed E-state index contributed by atoms with van der Waals surface area (Å²) < 4.78 is 66.9. The number of piperazine rings is 1. The molecule has 0 atom stereocenters. The van der Waals surface area contributed by atoms with Crippen LogP contribution in [0.25, 0.3) is 0 Å². The van der Waals surface area contributed by atoms with Gasteiger partial charge in [-0.2, -0.15) is 8.42 Å². The quantitative estimate of drug-likeness (QED) is 0.717. The molecule has 0 aromatic heterocycles. The maximum Gasteiger partial charge on any atom is 0.285 e. The number of benzene rings is 2. The lowest BCUT2D eigenvalue weighted by molar-refractivity contribution is -0.128. The Morgan fingerprint density at radius 3 is 2.52 bits per heavy atom. The molecule has 164 valence electrons. The smallest absolute Gasteiger partial charge is 0.285 e. The third-order valence-electron chi connectivity index (χ3n) is 5.14. The van der Waals surface area contributed by atoms with E-state index in [9.17, 15) is 26.0 Å². The molecule has 0 radical (unpaired) electrons. The Bertz CT molecular complexity index is 1270. The number of halogens is 1. The van der Waals surface area contributed by atoms with Crippen LogP contribution in [0.15, 0.2) is 56.7 Å². The third kappa shape index (κ3) is 4.26. The molecule has 1 N–H and O–H groups in total. The average molecular weight is 467 g/mol. The van der Waals surface area contributed by atoms with Crippen molar-refractivity contribution in [2.75, 3.05) is 42.1 Å². The van der Waals surface area contributed by atoms with Crippen LogP contribution < -0.4 is 10.2 Å². The van der Waals surface area contributed by atoms with Gasteiger partial charge in [0.05, 0.1) is 16.3 Å². The second-order valence-electron chi connectivity index (χ2n) is 7.09. The molecule has 0 saturated carbocycles. The van der Waals surface area contributed by atoms with Crippen LogP contribution in [0, 0.1) is 5.82 Å². The summed E-state index contributed by atoms with van der Waals surface area (Å²) in [6.07, 6.45) is 1.01. The van der Waals surface area contributed by atoms with Gasteiger partial charge in [0.2, 0.25) is 5.91 Å². The Hall–Kier alpha value is -2.99. The Morgan fingerprint density at radius 1 is 1.10 bits per heavy atom. The van der Waals surface area contributed by atoms with Gasteiger partial charge in [-0.05, 0) is 30.3 Å². The number of fused-ring (bicyclic) bond motifs is 1. The zero-order valence-corrected chi connectivity index (χ0v) is 17.9. The van der Waals surface area contributed by atoms with E-state index in [1.54, 1.807) is 23.1 Å². The number of carbonyl (C=O) groups excluding carboxylic acids is 1. The van der Waals surface area contributed by atoms with Gasteiger partial charge in [0, 0.05) is 26.2 Å². The molecular formula is C19H19FN4O5S2.